The third-order valence-electron chi connectivity index (χ3n) is 4.31. The normalized spacial score (nSPS) is 16.3. The Bertz CT molecular complexity index is 796. The number of benzene rings is 1. The van der Waals surface area contributed by atoms with Crippen molar-refractivity contribution in [1.29, 1.82) is 0 Å². The number of aryl methyl sites for hydroxylation is 1. The van der Waals surface area contributed by atoms with E-state index in [0.29, 0.717) is 0 Å². The van der Waals surface area contributed by atoms with Gasteiger partial charge in [-0.2, -0.15) is 0 Å². The van der Waals surface area contributed by atoms with E-state index in [2.05, 4.69) is 32.2 Å². The Balaban J connectivity index is 1.57. The fourth-order valence-corrected chi connectivity index (χ4v) is 3.45. The van der Waals surface area contributed by atoms with Crippen molar-refractivity contribution in [1.82, 2.24) is 25.1 Å². The molecule has 0 saturated carbocycles. The molecule has 0 aliphatic carbocycles. The quantitative estimate of drug-likeness (QED) is 0.770. The molecule has 3 rings (SSSR count). The molecule has 25 heavy (non-hydrogen) atoms. The van der Waals surface area contributed by atoms with Crippen molar-refractivity contribution in [3.05, 3.63) is 30.1 Å². The molecule has 1 fully saturated rings. The van der Waals surface area contributed by atoms with Crippen molar-refractivity contribution >= 4 is 15.7 Å². The molecule has 1 saturated heterocycles. The molecule has 1 aliphatic heterocycles. The molecule has 0 radical (unpaired) electrons. The minimum absolute atomic E-state index is 0.137. The number of aromatic nitrogens is 4. The minimum atomic E-state index is -3.64. The van der Waals surface area contributed by atoms with Gasteiger partial charge in [0.2, 0.25) is 10.0 Å². The lowest BCUT2D eigenvalue weighted by atomic mass is 10.2. The molecule has 0 unspecified atom stereocenters. The summed E-state index contributed by atoms with van der Waals surface area (Å²) >= 11 is 0. The number of nitrogens with zero attached hydrogens (tertiary/aromatic N) is 6. The Labute approximate surface area is 147 Å². The second-order valence-electron chi connectivity index (χ2n) is 6.12. The van der Waals surface area contributed by atoms with Gasteiger partial charge < -0.3 is 4.90 Å². The van der Waals surface area contributed by atoms with Crippen LogP contribution in [0.2, 0.25) is 0 Å². The first-order valence-electron chi connectivity index (χ1n) is 8.32. The maximum atomic E-state index is 11.3. The number of hydrogen-bond acceptors (Lipinski definition) is 7. The van der Waals surface area contributed by atoms with Gasteiger partial charge in [0.1, 0.15) is 0 Å². The molecule has 2 aromatic rings. The maximum absolute atomic E-state index is 11.3. The van der Waals surface area contributed by atoms with E-state index < -0.39 is 10.0 Å². The van der Waals surface area contributed by atoms with Crippen LogP contribution >= 0.6 is 0 Å². The summed E-state index contributed by atoms with van der Waals surface area (Å²) < 4.78 is 24.5. The van der Waals surface area contributed by atoms with Crippen LogP contribution in [0, 0.1) is 0 Å². The van der Waals surface area contributed by atoms with Gasteiger partial charge in [-0.3, -0.25) is 4.90 Å². The molecule has 1 aromatic carbocycles. The third-order valence-corrected chi connectivity index (χ3v) is 5.24. The molecule has 10 heteroatoms. The molecule has 136 valence electrons. The van der Waals surface area contributed by atoms with Crippen LogP contribution in [-0.2, 0) is 23.1 Å². The number of primary sulfonamides is 1. The lowest BCUT2D eigenvalue weighted by Gasteiger charge is -2.35. The van der Waals surface area contributed by atoms with Gasteiger partial charge in [0, 0.05) is 38.4 Å². The van der Waals surface area contributed by atoms with Gasteiger partial charge in [0.25, 0.3) is 0 Å². The van der Waals surface area contributed by atoms with Crippen LogP contribution in [-0.4, -0.2) is 59.7 Å². The van der Waals surface area contributed by atoms with E-state index in [-0.39, 0.29) is 4.90 Å². The summed E-state index contributed by atoms with van der Waals surface area (Å²) in [7, 11) is -3.64. The Morgan fingerprint density at radius 1 is 1.12 bits per heavy atom. The van der Waals surface area contributed by atoms with Crippen molar-refractivity contribution in [2.75, 3.05) is 31.1 Å². The Hall–Kier alpha value is -2.04. The molecule has 0 bridgehead atoms. The van der Waals surface area contributed by atoms with Crippen molar-refractivity contribution in [3.63, 3.8) is 0 Å². The molecular weight excluding hydrogens is 342 g/mol. The fourth-order valence-electron chi connectivity index (χ4n) is 2.93. The van der Waals surface area contributed by atoms with Gasteiger partial charge in [-0.05, 0) is 41.1 Å². The number of tetrazole rings is 1. The van der Waals surface area contributed by atoms with Gasteiger partial charge >= 0.3 is 0 Å². The van der Waals surface area contributed by atoms with Crippen molar-refractivity contribution in [2.24, 2.45) is 5.14 Å². The van der Waals surface area contributed by atoms with E-state index >= 15 is 0 Å². The first-order valence-corrected chi connectivity index (χ1v) is 9.87. The summed E-state index contributed by atoms with van der Waals surface area (Å²) in [5.41, 5.74) is 1.00. The van der Waals surface area contributed by atoms with Gasteiger partial charge in [0.05, 0.1) is 11.4 Å². The average molecular weight is 365 g/mol. The third kappa shape index (κ3) is 4.33. The van der Waals surface area contributed by atoms with Crippen LogP contribution in [0.5, 0.6) is 0 Å². The number of anilines is 1. The van der Waals surface area contributed by atoms with E-state index in [0.717, 1.165) is 57.2 Å². The second kappa shape index (κ2) is 7.46. The Morgan fingerprint density at radius 3 is 2.40 bits per heavy atom. The summed E-state index contributed by atoms with van der Waals surface area (Å²) in [6, 6.07) is 6.71. The van der Waals surface area contributed by atoms with Crippen molar-refractivity contribution < 1.29 is 8.42 Å². The number of rotatable bonds is 6. The molecule has 9 nitrogen and oxygen atoms in total. The lowest BCUT2D eigenvalue weighted by Crippen LogP contribution is -2.46. The summed E-state index contributed by atoms with van der Waals surface area (Å²) in [5, 5.41) is 17.0. The molecule has 1 aromatic heterocycles. The van der Waals surface area contributed by atoms with Crippen LogP contribution in [0.25, 0.3) is 0 Å². The highest BCUT2D eigenvalue weighted by molar-refractivity contribution is 7.89. The SMILES string of the molecule is CCCn1nnnc1CN1CCN(c2ccc(S(N)(=O)=O)cc2)CC1. The zero-order valence-corrected chi connectivity index (χ0v) is 15.1. The predicted octanol–water partition coefficient (Wildman–Crippen LogP) is 0.0527. The van der Waals surface area contributed by atoms with Gasteiger partial charge in [-0.1, -0.05) is 6.92 Å². The van der Waals surface area contributed by atoms with Crippen LogP contribution in [0.3, 0.4) is 0 Å². The molecule has 0 atom stereocenters. The van der Waals surface area contributed by atoms with Crippen LogP contribution in [0.15, 0.2) is 29.2 Å². The molecule has 1 aliphatic rings. The molecule has 2 N–H and O–H groups in total. The average Bonchev–Trinajstić information content (AvgIpc) is 3.02. The molecule has 2 heterocycles. The highest BCUT2D eigenvalue weighted by Crippen LogP contribution is 2.19. The zero-order valence-electron chi connectivity index (χ0n) is 14.2. The van der Waals surface area contributed by atoms with E-state index in [1.165, 1.54) is 0 Å². The van der Waals surface area contributed by atoms with Gasteiger partial charge in [0.15, 0.2) is 5.82 Å². The number of nitrogens with two attached hydrogens (primary N) is 1. The summed E-state index contributed by atoms with van der Waals surface area (Å²) in [6.45, 7) is 7.20. The molecule has 0 spiro atoms. The number of hydrogen-bond donors (Lipinski definition) is 1. The second-order valence-corrected chi connectivity index (χ2v) is 7.68. The number of piperazine rings is 1. The Kier molecular flexibility index (Phi) is 5.30. The molecular formula is C15H23N7O2S. The Morgan fingerprint density at radius 2 is 1.80 bits per heavy atom. The topological polar surface area (TPSA) is 110 Å². The minimum Gasteiger partial charge on any atom is -0.369 e. The van der Waals surface area contributed by atoms with Crippen LogP contribution < -0.4 is 10.0 Å². The van der Waals surface area contributed by atoms with E-state index in [1.807, 2.05) is 4.68 Å². The smallest absolute Gasteiger partial charge is 0.238 e. The number of sulfonamides is 1. The molecule has 0 amide bonds. The first-order chi connectivity index (χ1) is 12.0. The maximum Gasteiger partial charge on any atom is 0.238 e. The van der Waals surface area contributed by atoms with E-state index in [4.69, 9.17) is 5.14 Å². The lowest BCUT2D eigenvalue weighted by molar-refractivity contribution is 0.239. The summed E-state index contributed by atoms with van der Waals surface area (Å²) in [6.07, 6.45) is 1.00. The zero-order chi connectivity index (χ0) is 17.9. The highest BCUT2D eigenvalue weighted by Gasteiger charge is 2.20. The van der Waals surface area contributed by atoms with Crippen molar-refractivity contribution in [2.45, 2.75) is 31.3 Å². The monoisotopic (exact) mass is 365 g/mol. The summed E-state index contributed by atoms with van der Waals surface area (Å²) in [4.78, 5) is 4.70. The van der Waals surface area contributed by atoms with Crippen LogP contribution in [0.4, 0.5) is 5.69 Å². The standard InChI is InChI=1S/C15H23N7O2S/c1-2-7-22-15(17-18-19-22)12-20-8-10-21(11-9-20)13-3-5-14(6-4-13)25(16,23)24/h3-6H,2,7-12H2,1H3,(H2,16,23,24). The first kappa shape index (κ1) is 17.8. The van der Waals surface area contributed by atoms with E-state index in [1.54, 1.807) is 24.3 Å². The summed E-state index contributed by atoms with van der Waals surface area (Å²) in [5.74, 6) is 0.896. The van der Waals surface area contributed by atoms with E-state index in [9.17, 15) is 8.42 Å². The largest absolute Gasteiger partial charge is 0.369 e. The fraction of sp³-hybridized carbons (Fsp3) is 0.533. The van der Waals surface area contributed by atoms with Crippen LogP contribution in [0.1, 0.15) is 19.2 Å². The van der Waals surface area contributed by atoms with Crippen molar-refractivity contribution in [3.8, 4) is 0 Å². The highest BCUT2D eigenvalue weighted by atomic mass is 32.2. The van der Waals surface area contributed by atoms with Gasteiger partial charge in [-0.15, -0.1) is 5.10 Å². The van der Waals surface area contributed by atoms with Gasteiger partial charge in [-0.25, -0.2) is 18.2 Å². The predicted molar refractivity (Wildman–Crippen MR) is 93.4 cm³/mol.